The molecule has 0 aromatic heterocycles. The number of hydrogen-bond acceptors (Lipinski definition) is 3. The topological polar surface area (TPSA) is 36.1 Å². The zero-order chi connectivity index (χ0) is 8.10. The van der Waals surface area contributed by atoms with E-state index in [4.69, 9.17) is 0 Å². The Balaban J connectivity index is 2.05. The largest absolute Gasteiger partial charge is 0.292 e. The molecule has 0 unspecified atom stereocenters. The van der Waals surface area contributed by atoms with Crippen molar-refractivity contribution in [2.75, 3.05) is 13.3 Å². The van der Waals surface area contributed by atoms with Gasteiger partial charge in [0.2, 0.25) is 0 Å². The van der Waals surface area contributed by atoms with Gasteiger partial charge in [-0.25, -0.2) is 0 Å². The Hall–Kier alpha value is -0.120. The Morgan fingerprint density at radius 1 is 1.27 bits per heavy atom. The van der Waals surface area contributed by atoms with Gasteiger partial charge in [0.1, 0.15) is 0 Å². The summed E-state index contributed by atoms with van der Waals surface area (Å²) >= 11 is 0. The van der Waals surface area contributed by atoms with E-state index in [9.17, 15) is 0 Å². The van der Waals surface area contributed by atoms with Crippen molar-refractivity contribution in [2.45, 2.75) is 32.9 Å². The molecule has 1 heterocycles. The number of rotatable bonds is 3. The first-order valence-electron chi connectivity index (χ1n) is 4.46. The molecule has 1 fully saturated rings. The molecule has 0 radical (unpaired) electrons. The molecule has 3 nitrogen and oxygen atoms in total. The van der Waals surface area contributed by atoms with Gasteiger partial charge < -0.3 is 0 Å². The summed E-state index contributed by atoms with van der Waals surface area (Å²) in [5, 5.41) is 9.88. The van der Waals surface area contributed by atoms with Gasteiger partial charge in [-0.3, -0.25) is 16.0 Å². The van der Waals surface area contributed by atoms with Crippen molar-refractivity contribution in [1.29, 1.82) is 0 Å². The highest BCUT2D eigenvalue weighted by molar-refractivity contribution is 4.68. The van der Waals surface area contributed by atoms with Gasteiger partial charge in [0.25, 0.3) is 0 Å². The van der Waals surface area contributed by atoms with Gasteiger partial charge >= 0.3 is 0 Å². The van der Waals surface area contributed by atoms with Crippen LogP contribution < -0.4 is 16.0 Å². The molecule has 11 heavy (non-hydrogen) atoms. The Morgan fingerprint density at radius 3 is 2.45 bits per heavy atom. The van der Waals surface area contributed by atoms with Crippen LogP contribution in [0.2, 0.25) is 0 Å². The minimum absolute atomic E-state index is 0.527. The lowest BCUT2D eigenvalue weighted by atomic mass is 10.1. The van der Waals surface area contributed by atoms with Crippen molar-refractivity contribution >= 4 is 0 Å². The van der Waals surface area contributed by atoms with E-state index in [1.54, 1.807) is 0 Å². The van der Waals surface area contributed by atoms with Crippen LogP contribution in [0.15, 0.2) is 0 Å². The number of nitrogens with one attached hydrogen (secondary N) is 3. The van der Waals surface area contributed by atoms with Crippen molar-refractivity contribution < 1.29 is 0 Å². The quantitative estimate of drug-likeness (QED) is 0.556. The fraction of sp³-hybridized carbons (Fsp3) is 1.00. The van der Waals surface area contributed by atoms with Crippen LogP contribution in [-0.2, 0) is 0 Å². The molecule has 0 aromatic carbocycles. The first-order valence-corrected chi connectivity index (χ1v) is 4.46. The highest BCUT2D eigenvalue weighted by atomic mass is 15.3. The van der Waals surface area contributed by atoms with Crippen LogP contribution in [0.1, 0.15) is 26.7 Å². The van der Waals surface area contributed by atoms with Crippen LogP contribution in [-0.4, -0.2) is 19.5 Å². The third-order valence-corrected chi connectivity index (χ3v) is 1.98. The summed E-state index contributed by atoms with van der Waals surface area (Å²) in [7, 11) is 0. The van der Waals surface area contributed by atoms with Gasteiger partial charge in [-0.2, -0.15) is 0 Å². The maximum absolute atomic E-state index is 3.35. The summed E-state index contributed by atoms with van der Waals surface area (Å²) in [6.45, 7) is 6.41. The normalized spacial score (nSPS) is 21.0. The summed E-state index contributed by atoms with van der Waals surface area (Å²) < 4.78 is 0. The zero-order valence-corrected chi connectivity index (χ0v) is 7.48. The van der Waals surface area contributed by atoms with E-state index >= 15 is 0 Å². The Morgan fingerprint density at radius 2 is 1.91 bits per heavy atom. The SMILES string of the molecule is CC(C)CCC1NCNCN1. The van der Waals surface area contributed by atoms with Crippen LogP contribution in [0.25, 0.3) is 0 Å². The van der Waals surface area contributed by atoms with Crippen molar-refractivity contribution in [3.8, 4) is 0 Å². The van der Waals surface area contributed by atoms with Gasteiger partial charge in [0, 0.05) is 13.3 Å². The molecule has 1 aliphatic heterocycles. The van der Waals surface area contributed by atoms with Crippen molar-refractivity contribution in [3.05, 3.63) is 0 Å². The van der Waals surface area contributed by atoms with Crippen molar-refractivity contribution in [1.82, 2.24) is 16.0 Å². The van der Waals surface area contributed by atoms with E-state index < -0.39 is 0 Å². The zero-order valence-electron chi connectivity index (χ0n) is 7.48. The Bertz CT molecular complexity index is 97.5. The minimum atomic E-state index is 0.527. The second kappa shape index (κ2) is 4.70. The predicted molar refractivity (Wildman–Crippen MR) is 47.0 cm³/mol. The third-order valence-electron chi connectivity index (χ3n) is 1.98. The minimum Gasteiger partial charge on any atom is -0.292 e. The lowest BCUT2D eigenvalue weighted by molar-refractivity contribution is 0.305. The van der Waals surface area contributed by atoms with Crippen molar-refractivity contribution in [3.63, 3.8) is 0 Å². The molecule has 3 N–H and O–H groups in total. The van der Waals surface area contributed by atoms with Crippen LogP contribution in [0.4, 0.5) is 0 Å². The highest BCUT2D eigenvalue weighted by Gasteiger charge is 2.10. The fourth-order valence-corrected chi connectivity index (χ4v) is 1.23. The summed E-state index contributed by atoms with van der Waals surface area (Å²) in [5.41, 5.74) is 0. The second-order valence-corrected chi connectivity index (χ2v) is 3.54. The lowest BCUT2D eigenvalue weighted by Gasteiger charge is -2.26. The summed E-state index contributed by atoms with van der Waals surface area (Å²) in [4.78, 5) is 0. The fourth-order valence-electron chi connectivity index (χ4n) is 1.23. The molecule has 0 saturated carbocycles. The molecule has 0 aromatic rings. The van der Waals surface area contributed by atoms with Crippen LogP contribution in [0.5, 0.6) is 0 Å². The van der Waals surface area contributed by atoms with E-state index in [2.05, 4.69) is 29.8 Å². The maximum Gasteiger partial charge on any atom is 0.0591 e. The lowest BCUT2D eigenvalue weighted by Crippen LogP contribution is -2.55. The van der Waals surface area contributed by atoms with E-state index in [1.165, 1.54) is 12.8 Å². The highest BCUT2D eigenvalue weighted by Crippen LogP contribution is 2.05. The number of hydrogen-bond donors (Lipinski definition) is 3. The van der Waals surface area contributed by atoms with Gasteiger partial charge in [-0.15, -0.1) is 0 Å². The van der Waals surface area contributed by atoms with E-state index in [-0.39, 0.29) is 0 Å². The Kier molecular flexibility index (Phi) is 3.83. The third kappa shape index (κ3) is 3.70. The standard InChI is InChI=1S/C8H19N3/c1-7(2)3-4-8-10-5-9-6-11-8/h7-11H,3-6H2,1-2H3. The smallest absolute Gasteiger partial charge is 0.0591 e. The molecule has 1 saturated heterocycles. The van der Waals surface area contributed by atoms with Gasteiger partial charge in [-0.1, -0.05) is 13.8 Å². The van der Waals surface area contributed by atoms with E-state index in [1.807, 2.05) is 0 Å². The summed E-state index contributed by atoms with van der Waals surface area (Å²) in [6.07, 6.45) is 3.06. The van der Waals surface area contributed by atoms with Gasteiger partial charge in [0.15, 0.2) is 0 Å². The van der Waals surface area contributed by atoms with Gasteiger partial charge in [0.05, 0.1) is 6.17 Å². The van der Waals surface area contributed by atoms with Crippen LogP contribution in [0.3, 0.4) is 0 Å². The molecule has 0 bridgehead atoms. The maximum atomic E-state index is 3.35. The molecule has 3 heteroatoms. The first kappa shape index (κ1) is 8.97. The second-order valence-electron chi connectivity index (χ2n) is 3.54. The predicted octanol–water partition coefficient (Wildman–Crippen LogP) is 0.446. The summed E-state index contributed by atoms with van der Waals surface area (Å²) in [5.74, 6) is 0.813. The molecule has 0 amide bonds. The van der Waals surface area contributed by atoms with Crippen molar-refractivity contribution in [2.24, 2.45) is 5.92 Å². The molecule has 1 aliphatic rings. The average molecular weight is 157 g/mol. The Labute approximate surface area is 68.9 Å². The molecule has 0 spiro atoms. The van der Waals surface area contributed by atoms with E-state index in [0.717, 1.165) is 19.3 Å². The average Bonchev–Trinajstić information content (AvgIpc) is 2.03. The monoisotopic (exact) mass is 157 g/mol. The van der Waals surface area contributed by atoms with Crippen LogP contribution >= 0.6 is 0 Å². The molecule has 0 atom stereocenters. The molecule has 1 rings (SSSR count). The molecular formula is C8H19N3. The summed E-state index contributed by atoms with van der Waals surface area (Å²) in [6, 6.07) is 0. The molecular weight excluding hydrogens is 138 g/mol. The molecule has 0 aliphatic carbocycles. The van der Waals surface area contributed by atoms with Gasteiger partial charge in [-0.05, 0) is 18.8 Å². The van der Waals surface area contributed by atoms with Crippen LogP contribution in [0, 0.1) is 5.92 Å². The first-order chi connectivity index (χ1) is 5.29. The molecule has 66 valence electrons. The van der Waals surface area contributed by atoms with E-state index in [0.29, 0.717) is 6.17 Å².